The van der Waals surface area contributed by atoms with E-state index in [4.69, 9.17) is 0 Å². The highest BCUT2D eigenvalue weighted by Gasteiger charge is 2.43. The monoisotopic (exact) mass is 379 g/mol. The summed E-state index contributed by atoms with van der Waals surface area (Å²) in [7, 11) is 0. The summed E-state index contributed by atoms with van der Waals surface area (Å²) < 4.78 is 2.05. The van der Waals surface area contributed by atoms with Crippen LogP contribution in [0.4, 0.5) is 0 Å². The van der Waals surface area contributed by atoms with E-state index in [1.807, 2.05) is 12.3 Å². The molecule has 5 rings (SSSR count). The van der Waals surface area contributed by atoms with Crippen molar-refractivity contribution in [3.05, 3.63) is 58.0 Å². The highest BCUT2D eigenvalue weighted by Crippen LogP contribution is 2.40. The number of rotatable bonds is 3. The normalized spacial score (nSPS) is 24.2. The number of carbonyl (C=O) groups excluding carboxylic acids is 1. The topological polar surface area (TPSA) is 71.3 Å². The number of pyridine rings is 1. The summed E-state index contributed by atoms with van der Waals surface area (Å²) in [6.45, 7) is 5.23. The number of likely N-dealkylation sites (tertiary alicyclic amines) is 2. The number of carbonyl (C=O) groups is 1. The van der Waals surface area contributed by atoms with Gasteiger partial charge in [0.25, 0.3) is 11.5 Å². The summed E-state index contributed by atoms with van der Waals surface area (Å²) in [5.74, 6) is 0.669. The Kier molecular flexibility index (Phi) is 4.27. The zero-order valence-electron chi connectivity index (χ0n) is 16.0. The largest absolute Gasteiger partial charge is 0.338 e. The van der Waals surface area contributed by atoms with E-state index >= 15 is 0 Å². The van der Waals surface area contributed by atoms with Gasteiger partial charge < -0.3 is 9.47 Å². The first kappa shape index (κ1) is 17.6. The van der Waals surface area contributed by atoms with Gasteiger partial charge in [0.15, 0.2) is 0 Å². The lowest BCUT2D eigenvalue weighted by atomic mass is 9.86. The van der Waals surface area contributed by atoms with Crippen molar-refractivity contribution in [2.45, 2.75) is 38.8 Å². The van der Waals surface area contributed by atoms with Crippen molar-refractivity contribution < 1.29 is 4.79 Å². The second-order valence-corrected chi connectivity index (χ2v) is 8.50. The lowest BCUT2D eigenvalue weighted by Gasteiger charge is -2.23. The lowest BCUT2D eigenvalue weighted by Crippen LogP contribution is -2.33. The molecule has 1 atom stereocenters. The van der Waals surface area contributed by atoms with Gasteiger partial charge in [-0.15, -0.1) is 0 Å². The zero-order valence-corrected chi connectivity index (χ0v) is 16.0. The fourth-order valence-electron chi connectivity index (χ4n) is 4.98. The molecule has 0 aliphatic carbocycles. The Morgan fingerprint density at radius 3 is 2.82 bits per heavy atom. The van der Waals surface area contributed by atoms with Crippen molar-refractivity contribution in [2.24, 2.45) is 5.41 Å². The molecule has 5 heterocycles. The molecule has 28 heavy (non-hydrogen) atoms. The van der Waals surface area contributed by atoms with Crippen LogP contribution in [0.25, 0.3) is 0 Å². The smallest absolute Gasteiger partial charge is 0.285 e. The molecule has 0 aromatic carbocycles. The Morgan fingerprint density at radius 1 is 1.18 bits per heavy atom. The third-order valence-corrected chi connectivity index (χ3v) is 6.39. The summed E-state index contributed by atoms with van der Waals surface area (Å²) >= 11 is 0. The minimum Gasteiger partial charge on any atom is -0.338 e. The molecule has 146 valence electrons. The first-order valence-corrected chi connectivity index (χ1v) is 10.1. The van der Waals surface area contributed by atoms with E-state index in [-0.39, 0.29) is 22.4 Å². The molecule has 0 N–H and O–H groups in total. The van der Waals surface area contributed by atoms with Crippen molar-refractivity contribution >= 4 is 5.91 Å². The molecule has 0 bridgehead atoms. The number of fused-ring (bicyclic) bond motifs is 1. The maximum absolute atomic E-state index is 12.7. The van der Waals surface area contributed by atoms with E-state index in [1.165, 1.54) is 5.56 Å². The van der Waals surface area contributed by atoms with E-state index in [0.717, 1.165) is 70.8 Å². The van der Waals surface area contributed by atoms with Gasteiger partial charge in [-0.2, -0.15) is 4.98 Å². The number of amides is 1. The Bertz CT molecular complexity index is 951. The minimum absolute atomic E-state index is 0.115. The lowest BCUT2D eigenvalue weighted by molar-refractivity contribution is 0.0790. The van der Waals surface area contributed by atoms with Gasteiger partial charge in [0.1, 0.15) is 11.4 Å². The van der Waals surface area contributed by atoms with Crippen LogP contribution in [0.1, 0.15) is 41.0 Å². The maximum Gasteiger partial charge on any atom is 0.285 e. The average Bonchev–Trinajstić information content (AvgIpc) is 3.42. The van der Waals surface area contributed by atoms with Gasteiger partial charge in [0.2, 0.25) is 0 Å². The molecule has 0 saturated carbocycles. The van der Waals surface area contributed by atoms with Crippen molar-refractivity contribution in [3.63, 3.8) is 0 Å². The third kappa shape index (κ3) is 3.13. The van der Waals surface area contributed by atoms with Crippen LogP contribution in [0.15, 0.2) is 35.5 Å². The molecule has 0 unspecified atom stereocenters. The predicted molar refractivity (Wildman–Crippen MR) is 104 cm³/mol. The van der Waals surface area contributed by atoms with Crippen LogP contribution in [0.5, 0.6) is 0 Å². The quantitative estimate of drug-likeness (QED) is 0.804. The van der Waals surface area contributed by atoms with Crippen LogP contribution < -0.4 is 5.56 Å². The molecule has 0 radical (unpaired) electrons. The minimum atomic E-state index is -0.370. The van der Waals surface area contributed by atoms with Gasteiger partial charge in [0.05, 0.1) is 0 Å². The number of aromatic nitrogens is 3. The molecule has 1 amide bonds. The van der Waals surface area contributed by atoms with Crippen molar-refractivity contribution in [1.29, 1.82) is 0 Å². The Labute approximate surface area is 164 Å². The molecule has 1 spiro atoms. The van der Waals surface area contributed by atoms with Crippen molar-refractivity contribution in [1.82, 2.24) is 24.3 Å². The predicted octanol–water partition coefficient (Wildman–Crippen LogP) is 1.32. The van der Waals surface area contributed by atoms with Crippen LogP contribution in [0, 0.1) is 5.41 Å². The van der Waals surface area contributed by atoms with E-state index in [2.05, 4.69) is 25.5 Å². The summed E-state index contributed by atoms with van der Waals surface area (Å²) in [6, 6.07) is 4.08. The van der Waals surface area contributed by atoms with Crippen LogP contribution in [-0.4, -0.2) is 56.4 Å². The van der Waals surface area contributed by atoms with Crippen molar-refractivity contribution in [3.8, 4) is 0 Å². The number of nitrogens with zero attached hydrogens (tertiary/aromatic N) is 5. The third-order valence-electron chi connectivity index (χ3n) is 6.39. The summed E-state index contributed by atoms with van der Waals surface area (Å²) in [6.07, 6.45) is 9.41. The maximum atomic E-state index is 12.7. The number of hydrogen-bond acceptors (Lipinski definition) is 5. The molecule has 3 aliphatic heterocycles. The standard InChI is InChI=1S/C21H25N5O2/c27-19-17(20(28)25-7-1-2-8-25)13-26-15-21(10-18(26)23-19)5-9-24(14-21)12-16-4-3-6-22-11-16/h3-4,6,11,13H,1-2,5,7-10,12,14-15H2/t21-/m0/s1. The van der Waals surface area contributed by atoms with Gasteiger partial charge in [-0.05, 0) is 37.4 Å². The van der Waals surface area contributed by atoms with Crippen LogP contribution in [0.3, 0.4) is 0 Å². The molecule has 2 aromatic rings. The highest BCUT2D eigenvalue weighted by atomic mass is 16.2. The Balaban J connectivity index is 1.33. The van der Waals surface area contributed by atoms with Crippen LogP contribution >= 0.6 is 0 Å². The molecule has 2 saturated heterocycles. The summed E-state index contributed by atoms with van der Waals surface area (Å²) in [5.41, 5.74) is 1.20. The molecular formula is C21H25N5O2. The van der Waals surface area contributed by atoms with E-state index in [0.29, 0.717) is 0 Å². The van der Waals surface area contributed by atoms with Crippen LogP contribution in [-0.2, 0) is 19.5 Å². The van der Waals surface area contributed by atoms with E-state index in [9.17, 15) is 9.59 Å². The van der Waals surface area contributed by atoms with Gasteiger partial charge in [-0.3, -0.25) is 19.5 Å². The fraction of sp³-hybridized carbons (Fsp3) is 0.524. The average molecular weight is 379 g/mol. The Morgan fingerprint density at radius 2 is 2.04 bits per heavy atom. The van der Waals surface area contributed by atoms with Gasteiger partial charge in [-0.25, -0.2) is 0 Å². The molecule has 3 aliphatic rings. The second-order valence-electron chi connectivity index (χ2n) is 8.50. The van der Waals surface area contributed by atoms with E-state index in [1.54, 1.807) is 17.3 Å². The zero-order chi connectivity index (χ0) is 19.1. The van der Waals surface area contributed by atoms with Gasteiger partial charge in [0, 0.05) is 63.2 Å². The molecular weight excluding hydrogens is 354 g/mol. The van der Waals surface area contributed by atoms with Crippen LogP contribution in [0.2, 0.25) is 0 Å². The number of hydrogen-bond donors (Lipinski definition) is 0. The van der Waals surface area contributed by atoms with Crippen molar-refractivity contribution in [2.75, 3.05) is 26.2 Å². The second kappa shape index (κ2) is 6.81. The molecule has 2 aromatic heterocycles. The fourth-order valence-corrected chi connectivity index (χ4v) is 4.98. The molecule has 2 fully saturated rings. The van der Waals surface area contributed by atoms with Gasteiger partial charge >= 0.3 is 0 Å². The SMILES string of the molecule is O=C(c1cn2c(nc1=O)C[C@]1(CCN(Cc3cccnc3)C1)C2)N1CCCC1. The molecule has 7 nitrogen and oxygen atoms in total. The molecule has 7 heteroatoms. The first-order valence-electron chi connectivity index (χ1n) is 10.1. The highest BCUT2D eigenvalue weighted by molar-refractivity contribution is 5.93. The van der Waals surface area contributed by atoms with E-state index < -0.39 is 0 Å². The summed E-state index contributed by atoms with van der Waals surface area (Å²) in [5, 5.41) is 0. The first-order chi connectivity index (χ1) is 13.6. The summed E-state index contributed by atoms with van der Waals surface area (Å²) in [4.78, 5) is 37.9. The Hall–Kier alpha value is -2.54. The van der Waals surface area contributed by atoms with Gasteiger partial charge in [-0.1, -0.05) is 6.07 Å².